The maximum Gasteiger partial charge on any atom is 0.225 e. The molecule has 1 N–H and O–H groups in total. The Labute approximate surface area is 92.1 Å². The molecule has 1 aromatic heterocycles. The number of aryl methyl sites for hydroxylation is 1. The highest BCUT2D eigenvalue weighted by atomic mass is 79.9. The quantitative estimate of drug-likeness (QED) is 0.904. The minimum absolute atomic E-state index is 0.00422. The average Bonchev–Trinajstić information content (AvgIpc) is 2.10. The summed E-state index contributed by atoms with van der Waals surface area (Å²) in [6.07, 6.45) is 3.10. The average molecular weight is 257 g/mol. The summed E-state index contributed by atoms with van der Waals surface area (Å²) in [5, 5.41) is 2.74. The molecule has 0 spiro atoms. The summed E-state index contributed by atoms with van der Waals surface area (Å²) in [4.78, 5) is 15.4. The molecule has 0 saturated carbocycles. The van der Waals surface area contributed by atoms with E-state index in [2.05, 4.69) is 26.2 Å². The fourth-order valence-electron chi connectivity index (χ4n) is 1.05. The van der Waals surface area contributed by atoms with Crippen LogP contribution < -0.4 is 5.32 Å². The van der Waals surface area contributed by atoms with Crippen molar-refractivity contribution < 1.29 is 4.79 Å². The molecule has 0 radical (unpaired) electrons. The van der Waals surface area contributed by atoms with E-state index in [0.717, 1.165) is 16.5 Å². The maximum absolute atomic E-state index is 11.3. The van der Waals surface area contributed by atoms with Crippen molar-refractivity contribution in [1.82, 2.24) is 4.98 Å². The number of nitrogens with one attached hydrogen (secondary N) is 1. The van der Waals surface area contributed by atoms with Gasteiger partial charge < -0.3 is 5.32 Å². The molecule has 0 atom stereocenters. The third-order valence-electron chi connectivity index (χ3n) is 1.71. The Morgan fingerprint density at radius 2 is 2.36 bits per heavy atom. The van der Waals surface area contributed by atoms with Crippen molar-refractivity contribution in [3.8, 4) is 0 Å². The van der Waals surface area contributed by atoms with Crippen molar-refractivity contribution >= 4 is 27.7 Å². The molecule has 4 heteroatoms. The van der Waals surface area contributed by atoms with Crippen LogP contribution in [0, 0.1) is 6.92 Å². The summed E-state index contributed by atoms with van der Waals surface area (Å²) in [5.74, 6) is 0.596. The molecule has 3 nitrogen and oxygen atoms in total. The van der Waals surface area contributed by atoms with Crippen LogP contribution in [0.4, 0.5) is 5.82 Å². The first-order valence-electron chi connectivity index (χ1n) is 4.55. The Morgan fingerprint density at radius 1 is 1.64 bits per heavy atom. The zero-order valence-corrected chi connectivity index (χ0v) is 9.89. The highest BCUT2D eigenvalue weighted by Crippen LogP contribution is 2.20. The Hall–Kier alpha value is -0.900. The number of amides is 1. The first kappa shape index (κ1) is 11.2. The second-order valence-electron chi connectivity index (χ2n) is 3.14. The maximum atomic E-state index is 11.3. The number of aromatic nitrogens is 1. The van der Waals surface area contributed by atoms with Crippen molar-refractivity contribution in [2.45, 2.75) is 26.7 Å². The number of rotatable bonds is 3. The monoisotopic (exact) mass is 256 g/mol. The second kappa shape index (κ2) is 5.10. The molecule has 0 aliphatic carbocycles. The number of carbonyl (C=O) groups excluding carboxylic acids is 1. The van der Waals surface area contributed by atoms with Crippen molar-refractivity contribution in [2.75, 3.05) is 5.32 Å². The molecular weight excluding hydrogens is 244 g/mol. The molecule has 76 valence electrons. The zero-order chi connectivity index (χ0) is 10.6. The lowest BCUT2D eigenvalue weighted by Gasteiger charge is -2.05. The second-order valence-corrected chi connectivity index (χ2v) is 4.00. The summed E-state index contributed by atoms with van der Waals surface area (Å²) in [5.41, 5.74) is 1.06. The van der Waals surface area contributed by atoms with Gasteiger partial charge in [0.2, 0.25) is 5.91 Å². The van der Waals surface area contributed by atoms with Crippen LogP contribution in [0.3, 0.4) is 0 Å². The minimum atomic E-state index is 0.00422. The van der Waals surface area contributed by atoms with E-state index in [1.807, 2.05) is 19.9 Å². The van der Waals surface area contributed by atoms with E-state index in [-0.39, 0.29) is 5.91 Å². The molecule has 0 fully saturated rings. The third kappa shape index (κ3) is 3.10. The van der Waals surface area contributed by atoms with Crippen LogP contribution in [0.15, 0.2) is 16.7 Å². The Balaban J connectivity index is 2.72. The molecule has 0 bridgehead atoms. The van der Waals surface area contributed by atoms with Gasteiger partial charge in [-0.25, -0.2) is 4.98 Å². The molecule has 1 amide bonds. The standard InChI is InChI=1S/C10H13BrN2O/c1-3-4-9(14)13-10-8(11)5-7(2)6-12-10/h5-6H,3-4H2,1-2H3,(H,12,13,14). The number of nitrogens with zero attached hydrogens (tertiary/aromatic N) is 1. The number of hydrogen-bond acceptors (Lipinski definition) is 2. The van der Waals surface area contributed by atoms with Crippen LogP contribution in [0.2, 0.25) is 0 Å². The van der Waals surface area contributed by atoms with Crippen LogP contribution in [0.5, 0.6) is 0 Å². The Morgan fingerprint density at radius 3 is 2.93 bits per heavy atom. The first-order chi connectivity index (χ1) is 6.63. The summed E-state index contributed by atoms with van der Waals surface area (Å²) < 4.78 is 0.821. The molecule has 1 heterocycles. The molecule has 0 aliphatic heterocycles. The summed E-state index contributed by atoms with van der Waals surface area (Å²) in [7, 11) is 0. The molecule has 0 unspecified atom stereocenters. The van der Waals surface area contributed by atoms with E-state index < -0.39 is 0 Å². The van der Waals surface area contributed by atoms with Gasteiger partial charge in [0.1, 0.15) is 5.82 Å². The van der Waals surface area contributed by atoms with E-state index >= 15 is 0 Å². The van der Waals surface area contributed by atoms with Crippen LogP contribution in [-0.4, -0.2) is 10.9 Å². The van der Waals surface area contributed by atoms with E-state index in [4.69, 9.17) is 0 Å². The topological polar surface area (TPSA) is 42.0 Å². The smallest absolute Gasteiger partial charge is 0.225 e. The normalized spacial score (nSPS) is 9.93. The van der Waals surface area contributed by atoms with Gasteiger partial charge in [-0.2, -0.15) is 0 Å². The summed E-state index contributed by atoms with van der Waals surface area (Å²) in [6, 6.07) is 1.93. The van der Waals surface area contributed by atoms with Crippen LogP contribution in [0.25, 0.3) is 0 Å². The molecular formula is C10H13BrN2O. The predicted molar refractivity (Wildman–Crippen MR) is 60.2 cm³/mol. The van der Waals surface area contributed by atoms with Gasteiger partial charge in [-0.1, -0.05) is 6.92 Å². The Bertz CT molecular complexity index is 339. The van der Waals surface area contributed by atoms with Gasteiger partial charge in [-0.3, -0.25) is 4.79 Å². The molecule has 0 aromatic carbocycles. The summed E-state index contributed by atoms with van der Waals surface area (Å²) in [6.45, 7) is 3.92. The molecule has 1 rings (SSSR count). The van der Waals surface area contributed by atoms with Gasteiger partial charge >= 0.3 is 0 Å². The van der Waals surface area contributed by atoms with Gasteiger partial charge in [0.25, 0.3) is 0 Å². The lowest BCUT2D eigenvalue weighted by Crippen LogP contribution is -2.12. The number of hydrogen-bond donors (Lipinski definition) is 1. The fourth-order valence-corrected chi connectivity index (χ4v) is 1.61. The van der Waals surface area contributed by atoms with Crippen LogP contribution >= 0.6 is 15.9 Å². The number of anilines is 1. The third-order valence-corrected chi connectivity index (χ3v) is 2.32. The van der Waals surface area contributed by atoms with Gasteiger partial charge in [0.15, 0.2) is 0 Å². The van der Waals surface area contributed by atoms with Crippen molar-refractivity contribution in [3.63, 3.8) is 0 Å². The molecule has 0 aliphatic rings. The largest absolute Gasteiger partial charge is 0.310 e. The van der Waals surface area contributed by atoms with Crippen LogP contribution in [0.1, 0.15) is 25.3 Å². The van der Waals surface area contributed by atoms with E-state index in [0.29, 0.717) is 12.2 Å². The van der Waals surface area contributed by atoms with Gasteiger partial charge in [-0.15, -0.1) is 0 Å². The number of pyridine rings is 1. The fraction of sp³-hybridized carbons (Fsp3) is 0.400. The highest BCUT2D eigenvalue weighted by molar-refractivity contribution is 9.10. The van der Waals surface area contributed by atoms with Crippen molar-refractivity contribution in [2.24, 2.45) is 0 Å². The van der Waals surface area contributed by atoms with E-state index in [1.54, 1.807) is 6.20 Å². The predicted octanol–water partition coefficient (Wildman–Crippen LogP) is 2.89. The Kier molecular flexibility index (Phi) is 4.07. The van der Waals surface area contributed by atoms with E-state index in [9.17, 15) is 4.79 Å². The number of carbonyl (C=O) groups is 1. The molecule has 14 heavy (non-hydrogen) atoms. The minimum Gasteiger partial charge on any atom is -0.310 e. The lowest BCUT2D eigenvalue weighted by atomic mass is 10.3. The van der Waals surface area contributed by atoms with Gasteiger partial charge in [0, 0.05) is 12.6 Å². The number of halogens is 1. The molecule has 1 aromatic rings. The van der Waals surface area contributed by atoms with Gasteiger partial charge in [-0.05, 0) is 40.9 Å². The van der Waals surface area contributed by atoms with Crippen molar-refractivity contribution in [1.29, 1.82) is 0 Å². The van der Waals surface area contributed by atoms with Crippen LogP contribution in [-0.2, 0) is 4.79 Å². The lowest BCUT2D eigenvalue weighted by molar-refractivity contribution is -0.116. The zero-order valence-electron chi connectivity index (χ0n) is 8.30. The summed E-state index contributed by atoms with van der Waals surface area (Å²) >= 11 is 3.35. The first-order valence-corrected chi connectivity index (χ1v) is 5.34. The van der Waals surface area contributed by atoms with Gasteiger partial charge in [0.05, 0.1) is 4.47 Å². The highest BCUT2D eigenvalue weighted by Gasteiger charge is 2.05. The SMILES string of the molecule is CCCC(=O)Nc1ncc(C)cc1Br. The molecule has 0 saturated heterocycles. The van der Waals surface area contributed by atoms with E-state index in [1.165, 1.54) is 0 Å². The van der Waals surface area contributed by atoms with Crippen molar-refractivity contribution in [3.05, 3.63) is 22.3 Å².